The number of hydrogen-bond acceptors (Lipinski definition) is 2. The van der Waals surface area contributed by atoms with Gasteiger partial charge in [0.05, 0.1) is 11.6 Å². The summed E-state index contributed by atoms with van der Waals surface area (Å²) < 4.78 is 1.86. The lowest BCUT2D eigenvalue weighted by Gasteiger charge is -2.11. The Hall–Kier alpha value is -2.10. The van der Waals surface area contributed by atoms with Gasteiger partial charge in [-0.15, -0.1) is 0 Å². The summed E-state index contributed by atoms with van der Waals surface area (Å²) in [6.45, 7) is 0. The molecule has 2 unspecified atom stereocenters. The molecule has 0 amide bonds. The van der Waals surface area contributed by atoms with E-state index in [0.717, 1.165) is 30.5 Å². The van der Waals surface area contributed by atoms with Crippen LogP contribution in [0.2, 0.25) is 0 Å². The molecule has 2 aromatic rings. The number of benzene rings is 1. The molecule has 1 fully saturated rings. The van der Waals surface area contributed by atoms with Crippen LogP contribution < -0.4 is 0 Å². The van der Waals surface area contributed by atoms with Crippen molar-refractivity contribution in [2.24, 2.45) is 13.0 Å². The Labute approximate surface area is 117 Å². The maximum absolute atomic E-state index is 11.2. The van der Waals surface area contributed by atoms with Gasteiger partial charge in [-0.2, -0.15) is 5.10 Å². The zero-order chi connectivity index (χ0) is 13.9. The van der Waals surface area contributed by atoms with E-state index in [0.29, 0.717) is 0 Å². The molecule has 1 spiro atoms. The molecular formula is C16H16N2O2. The molecule has 20 heavy (non-hydrogen) atoms. The first-order valence-corrected chi connectivity index (χ1v) is 6.96. The average molecular weight is 268 g/mol. The SMILES string of the molecule is Cn1nccc1-c1ccc2c(c1)CCC21CC1C(=O)O. The van der Waals surface area contributed by atoms with Crippen LogP contribution in [0.5, 0.6) is 0 Å². The molecule has 1 aromatic carbocycles. The second-order valence-electron chi connectivity index (χ2n) is 5.96. The Balaban J connectivity index is 1.75. The van der Waals surface area contributed by atoms with Gasteiger partial charge in [-0.25, -0.2) is 0 Å². The summed E-state index contributed by atoms with van der Waals surface area (Å²) in [6, 6.07) is 8.44. The Morgan fingerprint density at radius 3 is 2.95 bits per heavy atom. The maximum atomic E-state index is 11.2. The van der Waals surface area contributed by atoms with E-state index in [2.05, 4.69) is 23.3 Å². The average Bonchev–Trinajstić information content (AvgIpc) is 2.84. The van der Waals surface area contributed by atoms with Crippen LogP contribution in [0.15, 0.2) is 30.5 Å². The van der Waals surface area contributed by atoms with Crippen molar-refractivity contribution in [3.63, 3.8) is 0 Å². The molecule has 4 rings (SSSR count). The van der Waals surface area contributed by atoms with Crippen LogP contribution in [0, 0.1) is 5.92 Å². The van der Waals surface area contributed by atoms with Crippen LogP contribution in [-0.2, 0) is 23.7 Å². The molecular weight excluding hydrogens is 252 g/mol. The molecule has 2 atom stereocenters. The number of hydrogen-bond donors (Lipinski definition) is 1. The van der Waals surface area contributed by atoms with Crippen molar-refractivity contribution in [1.29, 1.82) is 0 Å². The Bertz CT molecular complexity index is 719. The minimum absolute atomic E-state index is 0.0633. The van der Waals surface area contributed by atoms with Gasteiger partial charge in [0.15, 0.2) is 0 Å². The predicted molar refractivity (Wildman–Crippen MR) is 74.4 cm³/mol. The highest BCUT2D eigenvalue weighted by molar-refractivity contribution is 5.78. The smallest absolute Gasteiger partial charge is 0.307 e. The fraction of sp³-hybridized carbons (Fsp3) is 0.375. The van der Waals surface area contributed by atoms with Gasteiger partial charge < -0.3 is 5.11 Å². The van der Waals surface area contributed by atoms with Crippen LogP contribution in [-0.4, -0.2) is 20.9 Å². The van der Waals surface area contributed by atoms with E-state index in [9.17, 15) is 9.90 Å². The van der Waals surface area contributed by atoms with Crippen LogP contribution in [0.3, 0.4) is 0 Å². The zero-order valence-electron chi connectivity index (χ0n) is 11.3. The summed E-state index contributed by atoms with van der Waals surface area (Å²) in [5.74, 6) is -0.820. The van der Waals surface area contributed by atoms with Crippen LogP contribution in [0.1, 0.15) is 24.0 Å². The first kappa shape index (κ1) is 11.7. The van der Waals surface area contributed by atoms with Crippen molar-refractivity contribution < 1.29 is 9.90 Å². The minimum atomic E-state index is -0.645. The summed E-state index contributed by atoms with van der Waals surface area (Å²) in [5.41, 5.74) is 4.77. The number of nitrogens with zero attached hydrogens (tertiary/aromatic N) is 2. The third-order valence-electron chi connectivity index (χ3n) is 4.97. The Morgan fingerprint density at radius 1 is 1.45 bits per heavy atom. The van der Waals surface area contributed by atoms with E-state index in [1.165, 1.54) is 11.1 Å². The molecule has 0 saturated heterocycles. The van der Waals surface area contributed by atoms with E-state index in [1.807, 2.05) is 17.8 Å². The fourth-order valence-corrected chi connectivity index (χ4v) is 3.80. The standard InChI is InChI=1S/C16H16N2O2/c1-18-14(5-7-17-18)11-2-3-12-10(8-11)4-6-16(12)9-13(16)15(19)20/h2-3,5,7-8,13H,4,6,9H2,1H3,(H,19,20). The number of rotatable bonds is 2. The van der Waals surface area contributed by atoms with E-state index in [-0.39, 0.29) is 11.3 Å². The molecule has 1 aromatic heterocycles. The number of fused-ring (bicyclic) bond motifs is 2. The van der Waals surface area contributed by atoms with Crippen LogP contribution in [0.4, 0.5) is 0 Å². The van der Waals surface area contributed by atoms with Gasteiger partial charge in [-0.1, -0.05) is 12.1 Å². The number of carboxylic acids is 1. The van der Waals surface area contributed by atoms with E-state index in [1.54, 1.807) is 6.20 Å². The van der Waals surface area contributed by atoms with Gasteiger partial charge in [0.25, 0.3) is 0 Å². The second kappa shape index (κ2) is 3.72. The lowest BCUT2D eigenvalue weighted by molar-refractivity contribution is -0.139. The Morgan fingerprint density at radius 2 is 2.30 bits per heavy atom. The fourth-order valence-electron chi connectivity index (χ4n) is 3.80. The third-order valence-corrected chi connectivity index (χ3v) is 4.97. The summed E-state index contributed by atoms with van der Waals surface area (Å²) in [4.78, 5) is 11.2. The van der Waals surface area contributed by atoms with Crippen molar-refractivity contribution in [3.8, 4) is 11.3 Å². The molecule has 0 bridgehead atoms. The second-order valence-corrected chi connectivity index (χ2v) is 5.96. The number of carbonyl (C=O) groups is 1. The molecule has 2 aliphatic rings. The molecule has 1 N–H and O–H groups in total. The van der Waals surface area contributed by atoms with Gasteiger partial charge in [0.2, 0.25) is 0 Å². The van der Waals surface area contributed by atoms with Crippen molar-refractivity contribution in [1.82, 2.24) is 9.78 Å². The van der Waals surface area contributed by atoms with Crippen LogP contribution >= 0.6 is 0 Å². The molecule has 102 valence electrons. The van der Waals surface area contributed by atoms with Crippen molar-refractivity contribution in [2.75, 3.05) is 0 Å². The van der Waals surface area contributed by atoms with E-state index >= 15 is 0 Å². The largest absolute Gasteiger partial charge is 0.481 e. The number of aliphatic carboxylic acids is 1. The quantitative estimate of drug-likeness (QED) is 0.909. The minimum Gasteiger partial charge on any atom is -0.481 e. The maximum Gasteiger partial charge on any atom is 0.307 e. The van der Waals surface area contributed by atoms with Gasteiger partial charge >= 0.3 is 5.97 Å². The van der Waals surface area contributed by atoms with Gasteiger partial charge in [-0.05, 0) is 42.5 Å². The van der Waals surface area contributed by atoms with E-state index < -0.39 is 5.97 Å². The monoisotopic (exact) mass is 268 g/mol. The molecule has 0 radical (unpaired) electrons. The summed E-state index contributed by atoms with van der Waals surface area (Å²) in [5, 5.41) is 13.4. The highest BCUT2D eigenvalue weighted by atomic mass is 16.4. The predicted octanol–water partition coefficient (Wildman–Crippen LogP) is 2.38. The summed E-state index contributed by atoms with van der Waals surface area (Å²) >= 11 is 0. The highest BCUT2D eigenvalue weighted by Crippen LogP contribution is 2.61. The summed E-state index contributed by atoms with van der Waals surface area (Å²) in [6.07, 6.45) is 4.57. The first-order valence-electron chi connectivity index (χ1n) is 6.96. The van der Waals surface area contributed by atoms with Crippen LogP contribution in [0.25, 0.3) is 11.3 Å². The molecule has 2 aliphatic carbocycles. The normalized spacial score (nSPS) is 26.8. The molecule has 1 saturated carbocycles. The molecule has 4 nitrogen and oxygen atoms in total. The van der Waals surface area contributed by atoms with Crippen molar-refractivity contribution in [3.05, 3.63) is 41.6 Å². The van der Waals surface area contributed by atoms with Gasteiger partial charge in [0, 0.05) is 24.2 Å². The third kappa shape index (κ3) is 1.42. The number of aromatic nitrogens is 2. The van der Waals surface area contributed by atoms with E-state index in [4.69, 9.17) is 0 Å². The van der Waals surface area contributed by atoms with Crippen molar-refractivity contribution >= 4 is 5.97 Å². The zero-order valence-corrected chi connectivity index (χ0v) is 11.3. The van der Waals surface area contributed by atoms with Gasteiger partial charge in [0.1, 0.15) is 0 Å². The highest BCUT2D eigenvalue weighted by Gasteiger charge is 2.61. The number of carboxylic acid groups (broad SMARTS) is 1. The van der Waals surface area contributed by atoms with Crippen molar-refractivity contribution in [2.45, 2.75) is 24.7 Å². The van der Waals surface area contributed by atoms with Gasteiger partial charge in [-0.3, -0.25) is 9.48 Å². The first-order chi connectivity index (χ1) is 9.62. The molecule has 4 heteroatoms. The lowest BCUT2D eigenvalue weighted by atomic mass is 9.94. The topological polar surface area (TPSA) is 55.1 Å². The Kier molecular flexibility index (Phi) is 2.18. The number of aryl methyl sites for hydroxylation is 2. The molecule has 1 heterocycles. The molecule has 0 aliphatic heterocycles. The summed E-state index contributed by atoms with van der Waals surface area (Å²) in [7, 11) is 1.94. The lowest BCUT2D eigenvalue weighted by Crippen LogP contribution is -2.11.